The zero-order chi connectivity index (χ0) is 17.9. The van der Waals surface area contributed by atoms with E-state index in [0.29, 0.717) is 32.2 Å². The molecule has 1 saturated carbocycles. The maximum atomic E-state index is 13.3. The largest absolute Gasteiger partial charge is 0.378 e. The van der Waals surface area contributed by atoms with E-state index in [1.54, 1.807) is 0 Å². The van der Waals surface area contributed by atoms with Crippen LogP contribution in [-0.4, -0.2) is 79.0 Å². The van der Waals surface area contributed by atoms with Gasteiger partial charge in [0.1, 0.15) is 6.04 Å². The van der Waals surface area contributed by atoms with Gasteiger partial charge in [-0.1, -0.05) is 30.3 Å². The van der Waals surface area contributed by atoms with Crippen LogP contribution in [0.25, 0.3) is 0 Å². The Morgan fingerprint density at radius 2 is 1.54 bits per heavy atom. The first-order valence-electron chi connectivity index (χ1n) is 9.68. The number of nitrogens with zero attached hydrogens (tertiary/aromatic N) is 3. The highest BCUT2D eigenvalue weighted by molar-refractivity contribution is 5.84. The molecule has 0 aromatic heterocycles. The number of hydrogen-bond acceptors (Lipinski definition) is 4. The van der Waals surface area contributed by atoms with Crippen LogP contribution in [0.15, 0.2) is 30.3 Å². The Morgan fingerprint density at radius 3 is 2.15 bits per heavy atom. The van der Waals surface area contributed by atoms with Gasteiger partial charge in [0.05, 0.1) is 13.2 Å². The van der Waals surface area contributed by atoms with Crippen LogP contribution in [0.1, 0.15) is 24.4 Å². The molecule has 0 unspecified atom stereocenters. The molecular weight excluding hydrogens is 330 g/mol. The van der Waals surface area contributed by atoms with Gasteiger partial charge < -0.3 is 14.5 Å². The van der Waals surface area contributed by atoms with Gasteiger partial charge in [0.15, 0.2) is 0 Å². The second-order valence-electron chi connectivity index (χ2n) is 7.39. The molecule has 0 bridgehead atoms. The molecule has 3 aliphatic rings. The van der Waals surface area contributed by atoms with Gasteiger partial charge in [-0.05, 0) is 18.4 Å². The SMILES string of the molecule is O=C(C1CC1)N1CCN([C@@H](C(=O)N2CCOCC2)c2ccccc2)CC1. The van der Waals surface area contributed by atoms with E-state index in [0.717, 1.165) is 44.6 Å². The van der Waals surface area contributed by atoms with E-state index in [9.17, 15) is 9.59 Å². The Kier molecular flexibility index (Phi) is 5.22. The molecule has 140 valence electrons. The van der Waals surface area contributed by atoms with Gasteiger partial charge in [-0.15, -0.1) is 0 Å². The first kappa shape index (κ1) is 17.5. The third-order valence-electron chi connectivity index (χ3n) is 5.59. The van der Waals surface area contributed by atoms with Crippen molar-refractivity contribution in [3.05, 3.63) is 35.9 Å². The standard InChI is InChI=1S/C20H27N3O3/c24-19(17-6-7-17)22-10-8-21(9-11-22)18(16-4-2-1-3-5-16)20(25)23-12-14-26-15-13-23/h1-5,17-18H,6-15H2/t18-/m1/s1. The minimum atomic E-state index is -0.271. The van der Waals surface area contributed by atoms with E-state index in [-0.39, 0.29) is 17.9 Å². The van der Waals surface area contributed by atoms with Gasteiger partial charge in [0.2, 0.25) is 11.8 Å². The Balaban J connectivity index is 1.48. The predicted molar refractivity (Wildman–Crippen MR) is 97.5 cm³/mol. The smallest absolute Gasteiger partial charge is 0.244 e. The normalized spacial score (nSPS) is 22.9. The van der Waals surface area contributed by atoms with Crippen LogP contribution in [0.5, 0.6) is 0 Å². The number of benzene rings is 1. The van der Waals surface area contributed by atoms with Crippen LogP contribution in [0.3, 0.4) is 0 Å². The van der Waals surface area contributed by atoms with E-state index in [2.05, 4.69) is 4.90 Å². The summed E-state index contributed by atoms with van der Waals surface area (Å²) in [5, 5.41) is 0. The van der Waals surface area contributed by atoms with E-state index in [1.165, 1.54) is 0 Å². The lowest BCUT2D eigenvalue weighted by Crippen LogP contribution is -2.54. The maximum Gasteiger partial charge on any atom is 0.244 e. The van der Waals surface area contributed by atoms with Crippen molar-refractivity contribution < 1.29 is 14.3 Å². The van der Waals surface area contributed by atoms with Crippen LogP contribution in [0.4, 0.5) is 0 Å². The fraction of sp³-hybridized carbons (Fsp3) is 0.600. The number of piperazine rings is 1. The number of carbonyl (C=O) groups is 2. The molecule has 0 spiro atoms. The van der Waals surface area contributed by atoms with Gasteiger partial charge in [-0.2, -0.15) is 0 Å². The lowest BCUT2D eigenvalue weighted by atomic mass is 10.0. The van der Waals surface area contributed by atoms with Crippen LogP contribution in [0.2, 0.25) is 0 Å². The zero-order valence-corrected chi connectivity index (χ0v) is 15.2. The Morgan fingerprint density at radius 1 is 0.885 bits per heavy atom. The highest BCUT2D eigenvalue weighted by Gasteiger charge is 2.38. The highest BCUT2D eigenvalue weighted by atomic mass is 16.5. The summed E-state index contributed by atoms with van der Waals surface area (Å²) >= 11 is 0. The molecule has 6 heteroatoms. The van der Waals surface area contributed by atoms with Crippen molar-refractivity contribution in [3.63, 3.8) is 0 Å². The number of morpholine rings is 1. The average Bonchev–Trinajstić information content (AvgIpc) is 3.55. The minimum Gasteiger partial charge on any atom is -0.378 e. The maximum absolute atomic E-state index is 13.3. The van der Waals surface area contributed by atoms with Gasteiger partial charge in [-0.25, -0.2) is 0 Å². The van der Waals surface area contributed by atoms with Crippen molar-refractivity contribution >= 4 is 11.8 Å². The molecule has 4 rings (SSSR count). The molecule has 1 aliphatic carbocycles. The Bertz CT molecular complexity index is 633. The summed E-state index contributed by atoms with van der Waals surface area (Å²) in [4.78, 5) is 31.7. The van der Waals surface area contributed by atoms with Crippen molar-refractivity contribution in [2.45, 2.75) is 18.9 Å². The van der Waals surface area contributed by atoms with Crippen molar-refractivity contribution in [1.29, 1.82) is 0 Å². The molecule has 1 atom stereocenters. The van der Waals surface area contributed by atoms with Crippen LogP contribution < -0.4 is 0 Å². The lowest BCUT2D eigenvalue weighted by molar-refractivity contribution is -0.143. The molecule has 0 N–H and O–H groups in total. The van der Waals surface area contributed by atoms with E-state index in [4.69, 9.17) is 4.74 Å². The first-order chi connectivity index (χ1) is 12.7. The first-order valence-corrected chi connectivity index (χ1v) is 9.68. The quantitative estimate of drug-likeness (QED) is 0.811. The molecule has 1 aromatic carbocycles. The van der Waals surface area contributed by atoms with Crippen molar-refractivity contribution in [2.75, 3.05) is 52.5 Å². The minimum absolute atomic E-state index is 0.154. The summed E-state index contributed by atoms with van der Waals surface area (Å²) in [6, 6.07) is 9.75. The summed E-state index contributed by atoms with van der Waals surface area (Å²) in [6.07, 6.45) is 2.09. The second-order valence-corrected chi connectivity index (χ2v) is 7.39. The van der Waals surface area contributed by atoms with Gasteiger partial charge >= 0.3 is 0 Å². The molecule has 2 amide bonds. The van der Waals surface area contributed by atoms with Gasteiger partial charge in [0.25, 0.3) is 0 Å². The average molecular weight is 357 g/mol. The molecule has 3 fully saturated rings. The third-order valence-corrected chi connectivity index (χ3v) is 5.59. The topological polar surface area (TPSA) is 53.1 Å². The number of rotatable bonds is 4. The fourth-order valence-electron chi connectivity index (χ4n) is 3.89. The molecule has 6 nitrogen and oxygen atoms in total. The molecule has 2 saturated heterocycles. The molecule has 2 heterocycles. The van der Waals surface area contributed by atoms with Crippen molar-refractivity contribution in [1.82, 2.24) is 14.7 Å². The van der Waals surface area contributed by atoms with Crippen molar-refractivity contribution in [2.24, 2.45) is 5.92 Å². The highest BCUT2D eigenvalue weighted by Crippen LogP contribution is 2.32. The number of hydrogen-bond donors (Lipinski definition) is 0. The zero-order valence-electron chi connectivity index (χ0n) is 15.2. The monoisotopic (exact) mass is 357 g/mol. The number of carbonyl (C=O) groups excluding carboxylic acids is 2. The second kappa shape index (κ2) is 7.76. The summed E-state index contributed by atoms with van der Waals surface area (Å²) in [6.45, 7) is 5.45. The molecular formula is C20H27N3O3. The fourth-order valence-corrected chi connectivity index (χ4v) is 3.89. The number of ether oxygens (including phenoxy) is 1. The molecule has 2 aliphatic heterocycles. The van der Waals surface area contributed by atoms with Crippen LogP contribution >= 0.6 is 0 Å². The third kappa shape index (κ3) is 3.76. The van der Waals surface area contributed by atoms with Gasteiger partial charge in [-0.3, -0.25) is 14.5 Å². The summed E-state index contributed by atoms with van der Waals surface area (Å²) in [7, 11) is 0. The van der Waals surface area contributed by atoms with E-state index >= 15 is 0 Å². The predicted octanol–water partition coefficient (Wildman–Crippen LogP) is 1.14. The Labute approximate surface area is 154 Å². The molecule has 1 aromatic rings. The van der Waals surface area contributed by atoms with Crippen LogP contribution in [0, 0.1) is 5.92 Å². The summed E-state index contributed by atoms with van der Waals surface area (Å²) in [5.74, 6) is 0.725. The van der Waals surface area contributed by atoms with E-state index in [1.807, 2.05) is 40.1 Å². The molecule has 0 radical (unpaired) electrons. The van der Waals surface area contributed by atoms with Crippen LogP contribution in [-0.2, 0) is 14.3 Å². The lowest BCUT2D eigenvalue weighted by Gasteiger charge is -2.41. The summed E-state index contributed by atoms with van der Waals surface area (Å²) in [5.41, 5.74) is 1.03. The van der Waals surface area contributed by atoms with E-state index < -0.39 is 0 Å². The van der Waals surface area contributed by atoms with Gasteiger partial charge in [0, 0.05) is 45.2 Å². The summed E-state index contributed by atoms with van der Waals surface area (Å²) < 4.78 is 5.40. The Hall–Kier alpha value is -1.92. The number of amides is 2. The molecule has 26 heavy (non-hydrogen) atoms. The van der Waals surface area contributed by atoms with Crippen molar-refractivity contribution in [3.8, 4) is 0 Å².